The van der Waals surface area contributed by atoms with Crippen molar-refractivity contribution in [2.24, 2.45) is 15.6 Å². The number of phenols is 2. The first-order valence-electron chi connectivity index (χ1n) is 16.3. The summed E-state index contributed by atoms with van der Waals surface area (Å²) >= 11 is 3.11. The molecule has 3 atom stereocenters. The van der Waals surface area contributed by atoms with Crippen molar-refractivity contribution in [3.63, 3.8) is 0 Å². The number of hydrogen-bond donors (Lipinski definition) is 10. The Bertz CT molecular complexity index is 2180. The zero-order valence-corrected chi connectivity index (χ0v) is 32.0. The molecular formula is C31H33N11O12S3. The molecule has 0 radical (unpaired) electrons. The highest BCUT2D eigenvalue weighted by Crippen LogP contribution is 2.45. The summed E-state index contributed by atoms with van der Waals surface area (Å²) in [6.07, 6.45) is 2.63. The van der Waals surface area contributed by atoms with Crippen molar-refractivity contribution in [2.45, 2.75) is 30.9 Å². The molecule has 2 saturated heterocycles. The van der Waals surface area contributed by atoms with Crippen LogP contribution in [-0.2, 0) is 28.8 Å². The maximum Gasteiger partial charge on any atom is 0.354 e. The van der Waals surface area contributed by atoms with Crippen LogP contribution in [0.3, 0.4) is 0 Å². The molecule has 26 heteroatoms. The van der Waals surface area contributed by atoms with Crippen LogP contribution in [-0.4, -0.2) is 134 Å². The van der Waals surface area contributed by atoms with Gasteiger partial charge in [-0.3, -0.25) is 39.8 Å². The highest BCUT2D eigenvalue weighted by Gasteiger charge is 2.58. The van der Waals surface area contributed by atoms with Gasteiger partial charge in [-0.2, -0.15) is 0 Å². The van der Waals surface area contributed by atoms with Gasteiger partial charge >= 0.3 is 11.9 Å². The van der Waals surface area contributed by atoms with E-state index in [-0.39, 0.29) is 51.0 Å². The molecule has 6 rings (SSSR count). The van der Waals surface area contributed by atoms with E-state index in [1.54, 1.807) is 0 Å². The molecule has 302 valence electrons. The van der Waals surface area contributed by atoms with Crippen molar-refractivity contribution in [3.05, 3.63) is 58.0 Å². The predicted molar refractivity (Wildman–Crippen MR) is 201 cm³/mol. The van der Waals surface area contributed by atoms with Crippen molar-refractivity contribution in [1.82, 2.24) is 41.6 Å². The highest BCUT2D eigenvalue weighted by molar-refractivity contribution is 8.03. The van der Waals surface area contributed by atoms with Crippen LogP contribution in [0.25, 0.3) is 0 Å². The number of carbonyl (C=O) groups excluding carboxylic acids is 4. The summed E-state index contributed by atoms with van der Waals surface area (Å²) in [6, 6.07) is 2.14. The fourth-order valence-electron chi connectivity index (χ4n) is 5.40. The number of nitrogen functional groups attached to an aromatic ring is 1. The fourth-order valence-corrected chi connectivity index (χ4v) is 8.82. The van der Waals surface area contributed by atoms with Crippen LogP contribution >= 0.6 is 34.9 Å². The second-order valence-electron chi connectivity index (χ2n) is 13.0. The van der Waals surface area contributed by atoms with Crippen LogP contribution in [0, 0.1) is 5.41 Å². The number of β-lactam (4-membered cyclic amide) rings is 1. The smallest absolute Gasteiger partial charge is 0.354 e. The normalized spacial score (nSPS) is 21.6. The topological polar surface area (TPSA) is 334 Å². The number of anilines is 1. The minimum absolute atomic E-state index is 0.00260. The van der Waals surface area contributed by atoms with E-state index in [4.69, 9.17) is 10.6 Å². The number of carbonyl (C=O) groups is 6. The number of amides is 4. The number of carboxylic acids is 2. The third kappa shape index (κ3) is 8.24. The van der Waals surface area contributed by atoms with Gasteiger partial charge in [0, 0.05) is 35.1 Å². The zero-order valence-electron chi connectivity index (χ0n) is 29.5. The first kappa shape index (κ1) is 40.6. The predicted octanol–water partition coefficient (Wildman–Crippen LogP) is -1.53. The number of aliphatic imine (C=N–C) groups is 1. The number of carboxylic acid groups (broad SMARTS) is 2. The van der Waals surface area contributed by atoms with E-state index in [0.29, 0.717) is 0 Å². The Balaban J connectivity index is 1.10. The van der Waals surface area contributed by atoms with Gasteiger partial charge in [0.1, 0.15) is 29.3 Å². The number of phenolic OH excluding ortho intramolecular Hbond substituents is 2. The molecule has 0 bridgehead atoms. The number of nitrogens with zero attached hydrogens (tertiary/aromatic N) is 6. The first-order valence-corrected chi connectivity index (χ1v) is 19.2. The summed E-state index contributed by atoms with van der Waals surface area (Å²) in [5.41, 5.74) is 8.64. The maximum absolute atomic E-state index is 13.6. The number of fused-ring (bicyclic) bond motifs is 2. The van der Waals surface area contributed by atoms with Crippen molar-refractivity contribution in [3.8, 4) is 11.5 Å². The number of nitrogens with one attached hydrogen (secondary N) is 4. The summed E-state index contributed by atoms with van der Waals surface area (Å²) in [4.78, 5) is 91.8. The lowest BCUT2D eigenvalue weighted by molar-refractivity contribution is -0.157. The number of aliphatic hydroxyl groups excluding tert-OH is 1. The molecule has 57 heavy (non-hydrogen) atoms. The molecule has 4 aliphatic rings. The summed E-state index contributed by atoms with van der Waals surface area (Å²) in [5, 5.41) is 58.7. The van der Waals surface area contributed by atoms with Gasteiger partial charge in [0.05, 0.1) is 11.2 Å². The van der Waals surface area contributed by atoms with Crippen LogP contribution in [0.4, 0.5) is 5.13 Å². The van der Waals surface area contributed by atoms with Gasteiger partial charge in [0.2, 0.25) is 11.5 Å². The fraction of sp³-hybridized carbons (Fsp3) is 0.323. The number of aliphatic hydroxyl groups is 1. The summed E-state index contributed by atoms with van der Waals surface area (Å²) in [5.74, 6) is -6.75. The molecule has 0 saturated carbocycles. The third-order valence-electron chi connectivity index (χ3n) is 8.62. The standard InChI is InChI=1S/C31H33N11O12S3/c1-30(2,27(51)37-36-22(46)13-3-4-16(44)17(45)5-13)54-38-20(15-8-55-29(32)34-15)23(47)35-21-24(48)41-9-31(28(52)53,11-57-25(21)41)10-56-19-6-14(26(49)50)33-18-7-40(12-43)39-42(18)19/h3-8,21,25,39,43-45H,9-12H2,1-2H3,(H2,32,34)(H,35,47)(H,36,46)(H,37,51)(H,49,50)(H,52,53)/t21?,25-,31?/m1/s1. The lowest BCUT2D eigenvalue weighted by atomic mass is 9.89. The van der Waals surface area contributed by atoms with E-state index in [1.165, 1.54) is 52.5 Å². The van der Waals surface area contributed by atoms with E-state index >= 15 is 0 Å². The average Bonchev–Trinajstić information content (AvgIpc) is 3.81. The largest absolute Gasteiger partial charge is 0.504 e. The Labute approximate surface area is 333 Å². The Morgan fingerprint density at radius 1 is 1.18 bits per heavy atom. The van der Waals surface area contributed by atoms with E-state index in [9.17, 15) is 54.3 Å². The quantitative estimate of drug-likeness (QED) is 0.0473. The summed E-state index contributed by atoms with van der Waals surface area (Å²) in [7, 11) is 0. The number of rotatable bonds is 13. The van der Waals surface area contributed by atoms with Crippen LogP contribution in [0.2, 0.25) is 0 Å². The number of aromatic hydroxyl groups is 2. The second-order valence-corrected chi connectivity index (χ2v) is 16.0. The van der Waals surface area contributed by atoms with Crippen LogP contribution in [0.1, 0.15) is 29.9 Å². The van der Waals surface area contributed by atoms with Gasteiger partial charge < -0.3 is 46.3 Å². The van der Waals surface area contributed by atoms with Gasteiger partial charge in [0.25, 0.3) is 17.7 Å². The molecule has 4 aliphatic heterocycles. The van der Waals surface area contributed by atoms with Gasteiger partial charge in [0.15, 0.2) is 33.9 Å². The van der Waals surface area contributed by atoms with Crippen LogP contribution < -0.4 is 27.4 Å². The number of thioether (sulfide) groups is 2. The van der Waals surface area contributed by atoms with Crippen molar-refractivity contribution >= 4 is 87.0 Å². The molecule has 2 aromatic rings. The molecule has 1 aromatic heterocycles. The molecule has 11 N–H and O–H groups in total. The SMILES string of the molecule is CC(C)(ON=C(C(=O)NC1C(=O)N2CC(CSC3=CC(C(=O)O)=NC4=CN(CO)NN43)(C(=O)O)CS[C@H]12)c1csc(N)n1)C(=O)NNC(=O)c1ccc(O)c(O)c1. The molecule has 0 spiro atoms. The Hall–Kier alpha value is -6.09. The van der Waals surface area contributed by atoms with Gasteiger partial charge in [-0.25, -0.2) is 19.8 Å². The third-order valence-corrected chi connectivity index (χ3v) is 12.2. The molecule has 4 amide bonds. The van der Waals surface area contributed by atoms with Gasteiger partial charge in [-0.05, 0) is 32.0 Å². The molecular weight excluding hydrogens is 815 g/mol. The van der Waals surface area contributed by atoms with Crippen molar-refractivity contribution in [1.29, 1.82) is 0 Å². The zero-order chi connectivity index (χ0) is 41.4. The van der Waals surface area contributed by atoms with E-state index in [2.05, 4.69) is 36.8 Å². The molecule has 5 heterocycles. The highest BCUT2D eigenvalue weighted by atomic mass is 32.2. The number of aromatic nitrogens is 1. The lowest BCUT2D eigenvalue weighted by Crippen LogP contribution is -2.74. The number of hydrogen-bond acceptors (Lipinski definition) is 20. The minimum atomic E-state index is -1.82. The summed E-state index contributed by atoms with van der Waals surface area (Å²) in [6.45, 7) is 1.86. The number of aliphatic carboxylic acids is 2. The number of hydrazine groups is 3. The molecule has 1 aromatic carbocycles. The number of nitrogens with two attached hydrogens (primary N) is 1. The van der Waals surface area contributed by atoms with Gasteiger partial charge in [-0.15, -0.1) is 40.4 Å². The molecule has 2 fully saturated rings. The Morgan fingerprint density at radius 2 is 1.93 bits per heavy atom. The van der Waals surface area contributed by atoms with E-state index in [0.717, 1.165) is 47.0 Å². The monoisotopic (exact) mass is 847 g/mol. The second kappa shape index (κ2) is 15.8. The van der Waals surface area contributed by atoms with Crippen molar-refractivity contribution < 1.29 is 59.1 Å². The minimum Gasteiger partial charge on any atom is -0.504 e. The van der Waals surface area contributed by atoms with E-state index in [1.807, 2.05) is 0 Å². The van der Waals surface area contributed by atoms with E-state index < -0.39 is 81.9 Å². The maximum atomic E-state index is 13.6. The van der Waals surface area contributed by atoms with Crippen LogP contribution in [0.5, 0.6) is 11.5 Å². The first-order chi connectivity index (χ1) is 26.9. The molecule has 2 unspecified atom stereocenters. The molecule has 0 aliphatic carbocycles. The average molecular weight is 848 g/mol. The number of benzene rings is 1. The Kier molecular flexibility index (Phi) is 11.3. The lowest BCUT2D eigenvalue weighted by Gasteiger charge is -2.53. The Morgan fingerprint density at radius 3 is 2.58 bits per heavy atom. The van der Waals surface area contributed by atoms with Crippen LogP contribution in [0.15, 0.2) is 56.9 Å². The van der Waals surface area contributed by atoms with Crippen molar-refractivity contribution in [2.75, 3.05) is 30.5 Å². The number of thiazole rings is 1. The van der Waals surface area contributed by atoms with Gasteiger partial charge in [-0.1, -0.05) is 5.16 Å². The summed E-state index contributed by atoms with van der Waals surface area (Å²) < 4.78 is 0. The number of oxime groups is 1. The molecule has 23 nitrogen and oxygen atoms in total.